The quantitative estimate of drug-likeness (QED) is 0.712. The number of hydrogen-bond acceptors (Lipinski definition) is 6. The molecular weight excluding hydrogens is 354 g/mol. The first kappa shape index (κ1) is 17.8. The molecule has 0 radical (unpaired) electrons. The zero-order chi connectivity index (χ0) is 18.8. The van der Waals surface area contributed by atoms with Gasteiger partial charge in [0.25, 0.3) is 5.56 Å². The Morgan fingerprint density at radius 1 is 1.27 bits per heavy atom. The second-order valence-corrected chi connectivity index (χ2v) is 6.95. The van der Waals surface area contributed by atoms with E-state index in [1.54, 1.807) is 37.3 Å². The van der Waals surface area contributed by atoms with E-state index in [4.69, 9.17) is 4.74 Å². The van der Waals surface area contributed by atoms with Crippen molar-refractivity contribution in [3.05, 3.63) is 57.0 Å². The number of thiophene rings is 1. The number of amides is 1. The van der Waals surface area contributed by atoms with E-state index in [0.29, 0.717) is 21.7 Å². The lowest BCUT2D eigenvalue weighted by molar-refractivity contribution is -0.116. The van der Waals surface area contributed by atoms with Crippen LogP contribution in [0.1, 0.15) is 21.1 Å². The third-order valence-corrected chi connectivity index (χ3v) is 4.82. The molecule has 0 saturated carbocycles. The SMILES string of the molecule is COC(=O)c1ccccc1NC(=O)Cn1c(C)nc2sc(C)cc2c1=O. The molecule has 0 saturated heterocycles. The summed E-state index contributed by atoms with van der Waals surface area (Å²) in [5.74, 6) is -0.522. The third-order valence-electron chi connectivity index (χ3n) is 3.87. The fourth-order valence-electron chi connectivity index (χ4n) is 2.64. The molecule has 26 heavy (non-hydrogen) atoms. The largest absolute Gasteiger partial charge is 0.465 e. The van der Waals surface area contributed by atoms with Crippen molar-refractivity contribution in [2.24, 2.45) is 0 Å². The maximum absolute atomic E-state index is 12.6. The number of methoxy groups -OCH3 is 1. The van der Waals surface area contributed by atoms with Crippen molar-refractivity contribution in [3.8, 4) is 0 Å². The molecule has 0 aliphatic rings. The van der Waals surface area contributed by atoms with E-state index < -0.39 is 11.9 Å². The molecule has 0 unspecified atom stereocenters. The van der Waals surface area contributed by atoms with Crippen LogP contribution in [0.3, 0.4) is 0 Å². The van der Waals surface area contributed by atoms with Gasteiger partial charge in [0.2, 0.25) is 5.91 Å². The normalized spacial score (nSPS) is 10.7. The minimum atomic E-state index is -0.550. The summed E-state index contributed by atoms with van der Waals surface area (Å²) in [6.45, 7) is 3.39. The molecule has 0 aliphatic carbocycles. The number of fused-ring (bicyclic) bond motifs is 1. The lowest BCUT2D eigenvalue weighted by Crippen LogP contribution is -2.30. The summed E-state index contributed by atoms with van der Waals surface area (Å²) >= 11 is 1.44. The van der Waals surface area contributed by atoms with E-state index in [1.807, 2.05) is 6.92 Å². The van der Waals surface area contributed by atoms with Gasteiger partial charge in [0.1, 0.15) is 17.2 Å². The average Bonchev–Trinajstić information content (AvgIpc) is 2.98. The Kier molecular flexibility index (Phi) is 4.85. The monoisotopic (exact) mass is 371 g/mol. The zero-order valence-corrected chi connectivity index (χ0v) is 15.3. The maximum Gasteiger partial charge on any atom is 0.339 e. The number of rotatable bonds is 4. The topological polar surface area (TPSA) is 90.3 Å². The number of para-hydroxylation sites is 1. The van der Waals surface area contributed by atoms with Gasteiger partial charge in [-0.05, 0) is 32.0 Å². The third kappa shape index (κ3) is 3.36. The van der Waals surface area contributed by atoms with Gasteiger partial charge in [-0.25, -0.2) is 9.78 Å². The van der Waals surface area contributed by atoms with Crippen LogP contribution in [0.4, 0.5) is 5.69 Å². The first-order chi connectivity index (χ1) is 12.4. The molecule has 2 aromatic heterocycles. The van der Waals surface area contributed by atoms with Crippen molar-refractivity contribution in [2.75, 3.05) is 12.4 Å². The van der Waals surface area contributed by atoms with E-state index in [9.17, 15) is 14.4 Å². The molecule has 3 aromatic rings. The Morgan fingerprint density at radius 2 is 2.00 bits per heavy atom. The van der Waals surface area contributed by atoms with Crippen LogP contribution in [-0.4, -0.2) is 28.5 Å². The van der Waals surface area contributed by atoms with Gasteiger partial charge in [-0.1, -0.05) is 12.1 Å². The molecule has 0 bridgehead atoms. The first-order valence-corrected chi connectivity index (χ1v) is 8.67. The first-order valence-electron chi connectivity index (χ1n) is 7.85. The summed E-state index contributed by atoms with van der Waals surface area (Å²) in [6.07, 6.45) is 0. The minimum absolute atomic E-state index is 0.196. The number of esters is 1. The Balaban J connectivity index is 1.89. The number of aromatic nitrogens is 2. The summed E-state index contributed by atoms with van der Waals surface area (Å²) in [5, 5.41) is 3.16. The number of aryl methyl sites for hydroxylation is 2. The molecule has 0 aliphatic heterocycles. The van der Waals surface area contributed by atoms with Gasteiger partial charge in [-0.3, -0.25) is 14.2 Å². The van der Waals surface area contributed by atoms with E-state index in [1.165, 1.54) is 23.0 Å². The van der Waals surface area contributed by atoms with Crippen molar-refractivity contribution in [1.82, 2.24) is 9.55 Å². The molecule has 1 amide bonds. The molecule has 134 valence electrons. The van der Waals surface area contributed by atoms with E-state index in [0.717, 1.165) is 4.88 Å². The molecule has 1 aromatic carbocycles. The molecular formula is C18H17N3O4S. The molecule has 0 spiro atoms. The summed E-state index contributed by atoms with van der Waals surface area (Å²) in [5.41, 5.74) is 0.318. The standard InChI is InChI=1S/C18H17N3O4S/c1-10-8-13-16(26-10)19-11(2)21(17(13)23)9-15(22)20-14-7-5-4-6-12(14)18(24)25-3/h4-8H,9H2,1-3H3,(H,20,22). The summed E-state index contributed by atoms with van der Waals surface area (Å²) in [4.78, 5) is 42.9. The van der Waals surface area contributed by atoms with Gasteiger partial charge < -0.3 is 10.1 Å². The summed E-state index contributed by atoms with van der Waals surface area (Å²) in [6, 6.07) is 8.30. The highest BCUT2D eigenvalue weighted by atomic mass is 32.1. The summed E-state index contributed by atoms with van der Waals surface area (Å²) in [7, 11) is 1.27. The number of nitrogens with zero attached hydrogens (tertiary/aromatic N) is 2. The number of ether oxygens (including phenoxy) is 1. The molecule has 2 heterocycles. The van der Waals surface area contributed by atoms with Crippen molar-refractivity contribution < 1.29 is 14.3 Å². The predicted molar refractivity (Wildman–Crippen MR) is 99.8 cm³/mol. The highest BCUT2D eigenvalue weighted by Crippen LogP contribution is 2.20. The molecule has 0 atom stereocenters. The fraction of sp³-hybridized carbons (Fsp3) is 0.222. The van der Waals surface area contributed by atoms with Crippen LogP contribution in [0, 0.1) is 13.8 Å². The smallest absolute Gasteiger partial charge is 0.339 e. The van der Waals surface area contributed by atoms with Crippen molar-refractivity contribution in [1.29, 1.82) is 0 Å². The highest BCUT2D eigenvalue weighted by molar-refractivity contribution is 7.18. The number of nitrogens with one attached hydrogen (secondary N) is 1. The second-order valence-electron chi connectivity index (χ2n) is 5.71. The lowest BCUT2D eigenvalue weighted by Gasteiger charge is -2.12. The predicted octanol–water partition coefficient (Wildman–Crippen LogP) is 2.50. The van der Waals surface area contributed by atoms with Crippen molar-refractivity contribution in [2.45, 2.75) is 20.4 Å². The van der Waals surface area contributed by atoms with Gasteiger partial charge in [-0.2, -0.15) is 0 Å². The number of carbonyl (C=O) groups is 2. The lowest BCUT2D eigenvalue weighted by atomic mass is 10.2. The Labute approximate surface area is 153 Å². The van der Waals surface area contributed by atoms with Gasteiger partial charge in [0, 0.05) is 4.88 Å². The van der Waals surface area contributed by atoms with Crippen LogP contribution in [-0.2, 0) is 16.1 Å². The Morgan fingerprint density at radius 3 is 2.73 bits per heavy atom. The Hall–Kier alpha value is -3.00. The minimum Gasteiger partial charge on any atom is -0.465 e. The molecule has 0 fully saturated rings. The molecule has 1 N–H and O–H groups in total. The average molecular weight is 371 g/mol. The summed E-state index contributed by atoms with van der Waals surface area (Å²) < 4.78 is 6.04. The van der Waals surface area contributed by atoms with Crippen LogP contribution in [0.15, 0.2) is 35.1 Å². The zero-order valence-electron chi connectivity index (χ0n) is 14.5. The van der Waals surface area contributed by atoms with Crippen LogP contribution in [0.2, 0.25) is 0 Å². The van der Waals surface area contributed by atoms with Crippen LogP contribution < -0.4 is 10.9 Å². The number of hydrogen-bond donors (Lipinski definition) is 1. The highest BCUT2D eigenvalue weighted by Gasteiger charge is 2.16. The van der Waals surface area contributed by atoms with Gasteiger partial charge >= 0.3 is 5.97 Å². The second kappa shape index (κ2) is 7.09. The Bertz CT molecular complexity index is 1070. The van der Waals surface area contributed by atoms with Crippen molar-refractivity contribution >= 4 is 39.1 Å². The van der Waals surface area contributed by atoms with Crippen LogP contribution in [0.5, 0.6) is 0 Å². The number of benzene rings is 1. The van der Waals surface area contributed by atoms with E-state index in [2.05, 4.69) is 10.3 Å². The van der Waals surface area contributed by atoms with Crippen LogP contribution >= 0.6 is 11.3 Å². The van der Waals surface area contributed by atoms with Gasteiger partial charge in [0.05, 0.1) is 23.7 Å². The molecule has 3 rings (SSSR count). The molecule has 8 heteroatoms. The number of anilines is 1. The van der Waals surface area contributed by atoms with E-state index >= 15 is 0 Å². The van der Waals surface area contributed by atoms with Crippen molar-refractivity contribution in [3.63, 3.8) is 0 Å². The van der Waals surface area contributed by atoms with E-state index in [-0.39, 0.29) is 17.7 Å². The molecule has 7 nitrogen and oxygen atoms in total. The van der Waals surface area contributed by atoms with Crippen LogP contribution in [0.25, 0.3) is 10.2 Å². The fourth-order valence-corrected chi connectivity index (χ4v) is 3.55. The number of carbonyl (C=O) groups excluding carboxylic acids is 2. The maximum atomic E-state index is 12.6. The van der Waals surface area contributed by atoms with Gasteiger partial charge in [0.15, 0.2) is 0 Å². The van der Waals surface area contributed by atoms with Gasteiger partial charge in [-0.15, -0.1) is 11.3 Å².